The van der Waals surface area contributed by atoms with Crippen LogP contribution in [0, 0.1) is 0 Å². The summed E-state index contributed by atoms with van der Waals surface area (Å²) in [5.74, 6) is 1.96. The van der Waals surface area contributed by atoms with Gasteiger partial charge < -0.3 is 14.4 Å². The average Bonchev–Trinajstić information content (AvgIpc) is 3.39. The molecule has 25 heavy (non-hydrogen) atoms. The zero-order chi connectivity index (χ0) is 16.8. The van der Waals surface area contributed by atoms with Crippen LogP contribution in [-0.2, 0) is 0 Å². The van der Waals surface area contributed by atoms with Crippen LogP contribution < -0.4 is 9.47 Å². The molecule has 0 saturated carbocycles. The van der Waals surface area contributed by atoms with Gasteiger partial charge in [-0.25, -0.2) is 0 Å². The van der Waals surface area contributed by atoms with Gasteiger partial charge in [0.2, 0.25) is 6.79 Å². The highest BCUT2D eigenvalue weighted by Crippen LogP contribution is 2.37. The molecule has 0 bridgehead atoms. The maximum atomic E-state index is 12.8. The number of fused-ring (bicyclic) bond motifs is 2. The molecule has 0 N–H and O–H groups in total. The molecule has 5 rings (SSSR count). The highest BCUT2D eigenvalue weighted by molar-refractivity contribution is 7.00. The number of rotatable bonds is 2. The summed E-state index contributed by atoms with van der Waals surface area (Å²) in [4.78, 5) is 14.7. The van der Waals surface area contributed by atoms with Crippen LogP contribution in [0.2, 0.25) is 0 Å². The number of likely N-dealkylation sites (tertiary alicyclic amines) is 1. The summed E-state index contributed by atoms with van der Waals surface area (Å²) < 4.78 is 19.2. The van der Waals surface area contributed by atoms with Crippen LogP contribution >= 0.6 is 11.7 Å². The molecule has 1 amide bonds. The highest BCUT2D eigenvalue weighted by Gasteiger charge is 2.29. The minimum atomic E-state index is 0.0538. The predicted molar refractivity (Wildman–Crippen MR) is 93.2 cm³/mol. The van der Waals surface area contributed by atoms with Crippen molar-refractivity contribution in [2.75, 3.05) is 19.9 Å². The minimum Gasteiger partial charge on any atom is -0.454 e. The van der Waals surface area contributed by atoms with E-state index >= 15 is 0 Å². The number of amides is 1. The van der Waals surface area contributed by atoms with Gasteiger partial charge in [-0.05, 0) is 42.3 Å². The lowest BCUT2D eigenvalue weighted by molar-refractivity contribution is 0.0791. The van der Waals surface area contributed by atoms with Crippen molar-refractivity contribution in [3.05, 3.63) is 47.5 Å². The van der Waals surface area contributed by atoms with Crippen LogP contribution in [0.5, 0.6) is 11.5 Å². The quantitative estimate of drug-likeness (QED) is 0.708. The molecule has 0 radical (unpaired) electrons. The Bertz CT molecular complexity index is 971. The van der Waals surface area contributed by atoms with Gasteiger partial charge in [0.15, 0.2) is 11.5 Å². The van der Waals surface area contributed by atoms with Gasteiger partial charge in [-0.2, -0.15) is 8.75 Å². The molecule has 126 valence electrons. The van der Waals surface area contributed by atoms with Crippen molar-refractivity contribution in [3.8, 4) is 11.5 Å². The van der Waals surface area contributed by atoms with Gasteiger partial charge in [0.05, 0.1) is 11.7 Å². The summed E-state index contributed by atoms with van der Waals surface area (Å²) in [6.07, 6.45) is 0.950. The second-order valence-corrected chi connectivity index (χ2v) is 6.85. The molecule has 0 aliphatic carbocycles. The van der Waals surface area contributed by atoms with Gasteiger partial charge in [0.1, 0.15) is 11.0 Å². The summed E-state index contributed by atoms with van der Waals surface area (Å²) in [6.45, 7) is 1.75. The third-order valence-corrected chi connectivity index (χ3v) is 5.40. The maximum Gasteiger partial charge on any atom is 0.253 e. The van der Waals surface area contributed by atoms with E-state index in [0.29, 0.717) is 18.0 Å². The lowest BCUT2D eigenvalue weighted by Crippen LogP contribution is -2.28. The topological polar surface area (TPSA) is 64.6 Å². The minimum absolute atomic E-state index is 0.0538. The molecule has 2 aromatic carbocycles. The molecule has 1 unspecified atom stereocenters. The van der Waals surface area contributed by atoms with Gasteiger partial charge in [0, 0.05) is 24.6 Å². The van der Waals surface area contributed by atoms with Crippen molar-refractivity contribution in [1.82, 2.24) is 13.6 Å². The molecular weight excluding hydrogens is 338 g/mol. The standard InChI is InChI=1S/C18H15N3O3S/c22-18(12-1-3-14-15(7-12)20-25-19-14)21-6-5-13(9-21)11-2-4-16-17(8-11)24-10-23-16/h1-4,7-8,13H,5-6,9-10H2. The Morgan fingerprint density at radius 1 is 1.08 bits per heavy atom. The lowest BCUT2D eigenvalue weighted by Gasteiger charge is -2.17. The van der Waals surface area contributed by atoms with E-state index in [4.69, 9.17) is 9.47 Å². The van der Waals surface area contributed by atoms with Gasteiger partial charge in [0.25, 0.3) is 5.91 Å². The van der Waals surface area contributed by atoms with Gasteiger partial charge in [-0.3, -0.25) is 4.79 Å². The van der Waals surface area contributed by atoms with Crippen LogP contribution in [0.3, 0.4) is 0 Å². The van der Waals surface area contributed by atoms with E-state index in [1.165, 1.54) is 17.3 Å². The first kappa shape index (κ1) is 14.7. The molecule has 1 atom stereocenters. The Hall–Kier alpha value is -2.67. The number of hydrogen-bond donors (Lipinski definition) is 0. The smallest absolute Gasteiger partial charge is 0.253 e. The normalized spacial score (nSPS) is 18.9. The summed E-state index contributed by atoms with van der Waals surface area (Å²) in [6, 6.07) is 11.6. The second-order valence-electron chi connectivity index (χ2n) is 6.32. The second kappa shape index (κ2) is 5.70. The maximum absolute atomic E-state index is 12.8. The summed E-state index contributed by atoms with van der Waals surface area (Å²) in [5, 5.41) is 0. The highest BCUT2D eigenvalue weighted by atomic mass is 32.1. The molecule has 1 fully saturated rings. The van der Waals surface area contributed by atoms with Crippen molar-refractivity contribution in [2.24, 2.45) is 0 Å². The van der Waals surface area contributed by atoms with Crippen molar-refractivity contribution < 1.29 is 14.3 Å². The molecule has 2 aliphatic heterocycles. The molecule has 1 saturated heterocycles. The number of carbonyl (C=O) groups excluding carboxylic acids is 1. The van der Waals surface area contributed by atoms with Gasteiger partial charge in [-0.1, -0.05) is 6.07 Å². The van der Waals surface area contributed by atoms with Crippen molar-refractivity contribution in [1.29, 1.82) is 0 Å². The Balaban J connectivity index is 1.35. The average molecular weight is 353 g/mol. The van der Waals surface area contributed by atoms with Crippen LogP contribution in [0.4, 0.5) is 0 Å². The molecule has 2 aliphatic rings. The number of hydrogen-bond acceptors (Lipinski definition) is 6. The van der Waals surface area contributed by atoms with E-state index in [0.717, 1.165) is 35.5 Å². The lowest BCUT2D eigenvalue weighted by atomic mass is 9.98. The monoisotopic (exact) mass is 353 g/mol. The molecule has 3 aromatic rings. The molecule has 3 heterocycles. The SMILES string of the molecule is O=C(c1ccc2nsnc2c1)N1CCC(c2ccc3c(c2)OCO3)C1. The first-order valence-corrected chi connectivity index (χ1v) is 8.92. The molecule has 6 nitrogen and oxygen atoms in total. The van der Waals surface area contributed by atoms with Crippen molar-refractivity contribution >= 4 is 28.7 Å². The molecule has 1 aromatic heterocycles. The van der Waals surface area contributed by atoms with Gasteiger partial charge >= 0.3 is 0 Å². The van der Waals surface area contributed by atoms with E-state index < -0.39 is 0 Å². The van der Waals surface area contributed by atoms with E-state index in [1.807, 2.05) is 35.2 Å². The van der Waals surface area contributed by atoms with E-state index in [1.54, 1.807) is 0 Å². The Kier molecular flexibility index (Phi) is 3.34. The largest absolute Gasteiger partial charge is 0.454 e. The Morgan fingerprint density at radius 2 is 1.96 bits per heavy atom. The Morgan fingerprint density at radius 3 is 2.92 bits per heavy atom. The van der Waals surface area contributed by atoms with E-state index in [9.17, 15) is 4.79 Å². The third kappa shape index (κ3) is 2.51. The van der Waals surface area contributed by atoms with Crippen molar-refractivity contribution in [2.45, 2.75) is 12.3 Å². The molecule has 0 spiro atoms. The summed E-state index contributed by atoms with van der Waals surface area (Å²) in [5.41, 5.74) is 3.48. The number of nitrogens with zero attached hydrogens (tertiary/aromatic N) is 3. The van der Waals surface area contributed by atoms with Crippen molar-refractivity contribution in [3.63, 3.8) is 0 Å². The molecule has 7 heteroatoms. The zero-order valence-electron chi connectivity index (χ0n) is 13.3. The Labute approximate surface area is 148 Å². The fourth-order valence-corrected chi connectivity index (χ4v) is 4.00. The van der Waals surface area contributed by atoms with Crippen LogP contribution in [0.25, 0.3) is 11.0 Å². The number of aromatic nitrogens is 2. The summed E-state index contributed by atoms with van der Waals surface area (Å²) in [7, 11) is 0. The molecular formula is C18H15N3O3S. The van der Waals surface area contributed by atoms with E-state index in [-0.39, 0.29) is 12.7 Å². The van der Waals surface area contributed by atoms with Gasteiger partial charge in [-0.15, -0.1) is 0 Å². The first-order chi connectivity index (χ1) is 12.3. The fourth-order valence-electron chi connectivity index (χ4n) is 3.48. The summed E-state index contributed by atoms with van der Waals surface area (Å²) >= 11 is 1.17. The number of carbonyl (C=O) groups is 1. The predicted octanol–water partition coefficient (Wildman–Crippen LogP) is 3.05. The van der Waals surface area contributed by atoms with Crippen LogP contribution in [-0.4, -0.2) is 39.4 Å². The van der Waals surface area contributed by atoms with Crippen LogP contribution in [0.15, 0.2) is 36.4 Å². The number of benzene rings is 2. The van der Waals surface area contributed by atoms with E-state index in [2.05, 4.69) is 14.8 Å². The first-order valence-electron chi connectivity index (χ1n) is 8.19. The zero-order valence-corrected chi connectivity index (χ0v) is 14.2. The third-order valence-electron chi connectivity index (χ3n) is 4.84. The number of ether oxygens (including phenoxy) is 2. The fraction of sp³-hybridized carbons (Fsp3) is 0.278. The van der Waals surface area contributed by atoms with Crippen LogP contribution in [0.1, 0.15) is 28.3 Å².